The van der Waals surface area contributed by atoms with Crippen LogP contribution < -0.4 is 14.2 Å². The van der Waals surface area contributed by atoms with Crippen LogP contribution in [0.2, 0.25) is 5.02 Å². The van der Waals surface area contributed by atoms with E-state index in [1.807, 2.05) is 12.1 Å². The van der Waals surface area contributed by atoms with Gasteiger partial charge in [0.05, 0.1) is 19.1 Å². The second-order valence-corrected chi connectivity index (χ2v) is 6.96. The van der Waals surface area contributed by atoms with Crippen molar-refractivity contribution in [1.82, 2.24) is 4.72 Å². The molecule has 0 radical (unpaired) electrons. The monoisotopic (exact) mass is 355 g/mol. The first-order valence-corrected chi connectivity index (χ1v) is 8.79. The summed E-state index contributed by atoms with van der Waals surface area (Å²) < 4.78 is 37.6. The van der Waals surface area contributed by atoms with Crippen molar-refractivity contribution in [1.29, 1.82) is 0 Å². The molecule has 0 fully saturated rings. The van der Waals surface area contributed by atoms with Gasteiger partial charge in [-0.25, -0.2) is 13.1 Å². The molecule has 23 heavy (non-hydrogen) atoms. The van der Waals surface area contributed by atoms with Crippen molar-refractivity contribution in [2.24, 2.45) is 0 Å². The molecule has 0 heterocycles. The molecule has 2 aromatic rings. The van der Waals surface area contributed by atoms with Crippen molar-refractivity contribution in [3.63, 3.8) is 0 Å². The Labute approximate surface area is 141 Å². The number of methoxy groups -OCH3 is 2. The number of hydrogen-bond acceptors (Lipinski definition) is 4. The lowest BCUT2D eigenvalue weighted by atomic mass is 10.1. The van der Waals surface area contributed by atoms with Crippen LogP contribution in [0.1, 0.15) is 5.56 Å². The van der Waals surface area contributed by atoms with Crippen LogP contribution in [0.5, 0.6) is 11.5 Å². The molecule has 124 valence electrons. The van der Waals surface area contributed by atoms with Crippen LogP contribution in [0.4, 0.5) is 0 Å². The Kier molecular flexibility index (Phi) is 5.87. The molecule has 0 aromatic heterocycles. The minimum atomic E-state index is -3.59. The number of hydrogen-bond donors (Lipinski definition) is 1. The van der Waals surface area contributed by atoms with Crippen molar-refractivity contribution >= 4 is 21.6 Å². The predicted molar refractivity (Wildman–Crippen MR) is 89.9 cm³/mol. The first-order valence-electron chi connectivity index (χ1n) is 6.93. The number of ether oxygens (including phenoxy) is 2. The van der Waals surface area contributed by atoms with Crippen molar-refractivity contribution in [3.8, 4) is 11.5 Å². The highest BCUT2D eigenvalue weighted by Crippen LogP contribution is 2.30. The Hall–Kier alpha value is -1.76. The lowest BCUT2D eigenvalue weighted by molar-refractivity contribution is 0.351. The van der Waals surface area contributed by atoms with Gasteiger partial charge in [0.2, 0.25) is 10.0 Å². The normalized spacial score (nSPS) is 11.3. The molecule has 7 heteroatoms. The van der Waals surface area contributed by atoms with Gasteiger partial charge >= 0.3 is 0 Å². The molecular weight excluding hydrogens is 338 g/mol. The Morgan fingerprint density at radius 3 is 2.48 bits per heavy atom. The second-order valence-electron chi connectivity index (χ2n) is 4.76. The quantitative estimate of drug-likeness (QED) is 0.829. The van der Waals surface area contributed by atoms with Crippen molar-refractivity contribution < 1.29 is 17.9 Å². The standard InChI is InChI=1S/C16H18ClNO4S/c1-21-15-8-3-5-12(16(15)22-2)9-10-18-23(19,20)14-7-4-6-13(17)11-14/h3-8,11,18H,9-10H2,1-2H3. The number of nitrogens with one attached hydrogen (secondary N) is 1. The van der Waals surface area contributed by atoms with Gasteiger partial charge in [-0.15, -0.1) is 0 Å². The maximum atomic E-state index is 12.2. The first kappa shape index (κ1) is 17.6. The molecule has 0 saturated heterocycles. The number of halogens is 1. The van der Waals surface area contributed by atoms with Gasteiger partial charge in [-0.05, 0) is 36.2 Å². The summed E-state index contributed by atoms with van der Waals surface area (Å²) in [5, 5.41) is 0.377. The van der Waals surface area contributed by atoms with Gasteiger partial charge in [0.1, 0.15) is 0 Å². The first-order chi connectivity index (χ1) is 11.0. The topological polar surface area (TPSA) is 64.6 Å². The van der Waals surface area contributed by atoms with Gasteiger partial charge in [0, 0.05) is 11.6 Å². The molecule has 0 amide bonds. The Morgan fingerprint density at radius 2 is 1.83 bits per heavy atom. The number of sulfonamides is 1. The molecule has 5 nitrogen and oxygen atoms in total. The van der Waals surface area contributed by atoms with Gasteiger partial charge in [-0.1, -0.05) is 29.8 Å². The predicted octanol–water partition coefficient (Wildman–Crippen LogP) is 2.88. The Balaban J connectivity index is 2.08. The number of para-hydroxylation sites is 1. The van der Waals surface area contributed by atoms with Crippen LogP contribution in [0.25, 0.3) is 0 Å². The molecule has 0 aliphatic heterocycles. The van der Waals surface area contributed by atoms with Crippen LogP contribution in [-0.2, 0) is 16.4 Å². The fourth-order valence-corrected chi connectivity index (χ4v) is 3.52. The highest BCUT2D eigenvalue weighted by molar-refractivity contribution is 7.89. The van der Waals surface area contributed by atoms with Crippen LogP contribution in [-0.4, -0.2) is 29.2 Å². The third-order valence-electron chi connectivity index (χ3n) is 3.28. The van der Waals surface area contributed by atoms with E-state index in [0.717, 1.165) is 5.56 Å². The number of benzene rings is 2. The lowest BCUT2D eigenvalue weighted by Gasteiger charge is -2.13. The summed E-state index contributed by atoms with van der Waals surface area (Å²) in [7, 11) is -0.483. The highest BCUT2D eigenvalue weighted by Gasteiger charge is 2.15. The highest BCUT2D eigenvalue weighted by atomic mass is 35.5. The molecule has 2 aromatic carbocycles. The lowest BCUT2D eigenvalue weighted by Crippen LogP contribution is -2.26. The SMILES string of the molecule is COc1cccc(CCNS(=O)(=O)c2cccc(Cl)c2)c1OC. The zero-order valence-corrected chi connectivity index (χ0v) is 14.4. The molecule has 1 N–H and O–H groups in total. The average Bonchev–Trinajstić information content (AvgIpc) is 2.54. The second kappa shape index (κ2) is 7.68. The smallest absolute Gasteiger partial charge is 0.240 e. The van der Waals surface area contributed by atoms with E-state index in [0.29, 0.717) is 22.9 Å². The third kappa shape index (κ3) is 4.37. The third-order valence-corrected chi connectivity index (χ3v) is 4.97. The summed E-state index contributed by atoms with van der Waals surface area (Å²) in [4.78, 5) is 0.141. The fraction of sp³-hybridized carbons (Fsp3) is 0.250. The minimum Gasteiger partial charge on any atom is -0.493 e. The van der Waals surface area contributed by atoms with Crippen molar-refractivity contribution in [2.75, 3.05) is 20.8 Å². The Bertz CT molecular complexity index is 777. The molecule has 0 unspecified atom stereocenters. The van der Waals surface area contributed by atoms with Gasteiger partial charge in [0.25, 0.3) is 0 Å². The zero-order chi connectivity index (χ0) is 16.9. The average molecular weight is 356 g/mol. The minimum absolute atomic E-state index is 0.141. The summed E-state index contributed by atoms with van der Waals surface area (Å²) >= 11 is 5.83. The van der Waals surface area contributed by atoms with E-state index in [2.05, 4.69) is 4.72 Å². The fourth-order valence-electron chi connectivity index (χ4n) is 2.19. The van der Waals surface area contributed by atoms with E-state index in [4.69, 9.17) is 21.1 Å². The largest absolute Gasteiger partial charge is 0.493 e. The molecular formula is C16H18ClNO4S. The molecule has 0 aliphatic rings. The van der Waals surface area contributed by atoms with Crippen molar-refractivity contribution in [3.05, 3.63) is 53.1 Å². The molecule has 0 bridgehead atoms. The van der Waals surface area contributed by atoms with E-state index in [9.17, 15) is 8.42 Å². The van der Waals surface area contributed by atoms with E-state index in [1.165, 1.54) is 12.1 Å². The molecule has 0 atom stereocenters. The molecule has 0 spiro atoms. The van der Waals surface area contributed by atoms with Crippen LogP contribution >= 0.6 is 11.6 Å². The van der Waals surface area contributed by atoms with Crippen LogP contribution in [0.3, 0.4) is 0 Å². The zero-order valence-electron chi connectivity index (χ0n) is 12.9. The van der Waals surface area contributed by atoms with E-state index >= 15 is 0 Å². The maximum Gasteiger partial charge on any atom is 0.240 e. The van der Waals surface area contributed by atoms with Crippen molar-refractivity contribution in [2.45, 2.75) is 11.3 Å². The molecule has 2 rings (SSSR count). The van der Waals surface area contributed by atoms with Gasteiger partial charge < -0.3 is 9.47 Å². The summed E-state index contributed by atoms with van der Waals surface area (Å²) in [6.07, 6.45) is 0.472. The maximum absolute atomic E-state index is 12.2. The number of rotatable bonds is 7. The van der Waals surface area contributed by atoms with Crippen LogP contribution in [0, 0.1) is 0 Å². The van der Waals surface area contributed by atoms with Crippen LogP contribution in [0.15, 0.2) is 47.4 Å². The molecule has 0 saturated carbocycles. The van der Waals surface area contributed by atoms with Gasteiger partial charge in [-0.2, -0.15) is 0 Å². The summed E-state index contributed by atoms with van der Waals surface area (Å²) in [5.41, 5.74) is 0.862. The van der Waals surface area contributed by atoms with E-state index < -0.39 is 10.0 Å². The van der Waals surface area contributed by atoms with E-state index in [-0.39, 0.29) is 11.4 Å². The summed E-state index contributed by atoms with van der Waals surface area (Å²) in [5.74, 6) is 1.22. The summed E-state index contributed by atoms with van der Waals surface area (Å²) in [6.45, 7) is 0.234. The summed E-state index contributed by atoms with van der Waals surface area (Å²) in [6, 6.07) is 11.6. The van der Waals surface area contributed by atoms with Gasteiger partial charge in [-0.3, -0.25) is 0 Å². The van der Waals surface area contributed by atoms with Gasteiger partial charge in [0.15, 0.2) is 11.5 Å². The Morgan fingerprint density at radius 1 is 1.09 bits per heavy atom. The molecule has 0 aliphatic carbocycles. The van der Waals surface area contributed by atoms with E-state index in [1.54, 1.807) is 32.4 Å².